The molecule has 1 fully saturated rings. The van der Waals surface area contributed by atoms with Gasteiger partial charge in [-0.15, -0.1) is 0 Å². The first kappa shape index (κ1) is 15.9. The number of carbonyl (C=O) groups excluding carboxylic acids is 1. The van der Waals surface area contributed by atoms with Crippen molar-refractivity contribution in [1.82, 2.24) is 0 Å². The third kappa shape index (κ3) is 3.07. The van der Waals surface area contributed by atoms with Crippen molar-refractivity contribution in [3.8, 4) is 0 Å². The van der Waals surface area contributed by atoms with Crippen molar-refractivity contribution in [1.29, 1.82) is 0 Å². The number of benzene rings is 2. The van der Waals surface area contributed by atoms with E-state index in [2.05, 4.69) is 13.8 Å². The molecule has 0 bridgehead atoms. The Kier molecular flexibility index (Phi) is 4.09. The molecule has 2 aromatic carbocycles. The van der Waals surface area contributed by atoms with Gasteiger partial charge < -0.3 is 9.47 Å². The molecule has 0 radical (unpaired) electrons. The molecule has 0 spiro atoms. The van der Waals surface area contributed by atoms with E-state index >= 15 is 0 Å². The third-order valence-corrected chi connectivity index (χ3v) is 4.10. The fourth-order valence-electron chi connectivity index (χ4n) is 2.66. The van der Waals surface area contributed by atoms with Crippen molar-refractivity contribution in [2.45, 2.75) is 26.6 Å². The highest BCUT2D eigenvalue weighted by atomic mass is 16.7. The predicted octanol–water partition coefficient (Wildman–Crippen LogP) is 4.10. The minimum absolute atomic E-state index is 0.106. The highest BCUT2D eigenvalue weighted by Gasteiger charge is 2.48. The maximum absolute atomic E-state index is 13.2. The van der Waals surface area contributed by atoms with Gasteiger partial charge in [0, 0.05) is 16.5 Å². The summed E-state index contributed by atoms with van der Waals surface area (Å²) in [5.74, 6) is -1.51. The van der Waals surface area contributed by atoms with Crippen LogP contribution in [0.5, 0.6) is 0 Å². The first-order chi connectivity index (χ1) is 10.9. The Morgan fingerprint density at radius 3 is 2.04 bits per heavy atom. The van der Waals surface area contributed by atoms with E-state index in [0.29, 0.717) is 18.8 Å². The average Bonchev–Trinajstić information content (AvgIpc) is 2.56. The van der Waals surface area contributed by atoms with Crippen LogP contribution >= 0.6 is 0 Å². The number of aryl methyl sites for hydroxylation is 1. The summed E-state index contributed by atoms with van der Waals surface area (Å²) in [5, 5.41) is 0. The Hall–Kier alpha value is -1.97. The average molecular weight is 310 g/mol. The standard InChI is InChI=1S/C20H22O3/c1-15-9-11-17(12-10-15)20(22-13-19(2,3)14-23-20)18(21)16-7-5-4-6-8-16/h4-12H,13-14H2,1-3H3. The molecule has 0 aromatic heterocycles. The zero-order valence-electron chi connectivity index (χ0n) is 13.8. The third-order valence-electron chi connectivity index (χ3n) is 4.10. The Morgan fingerprint density at radius 2 is 1.48 bits per heavy atom. The van der Waals surface area contributed by atoms with Crippen LogP contribution in [0.25, 0.3) is 0 Å². The van der Waals surface area contributed by atoms with Crippen LogP contribution in [-0.4, -0.2) is 19.0 Å². The van der Waals surface area contributed by atoms with Gasteiger partial charge in [-0.1, -0.05) is 74.0 Å². The van der Waals surface area contributed by atoms with Crippen molar-refractivity contribution < 1.29 is 14.3 Å². The minimum Gasteiger partial charge on any atom is -0.339 e. The summed E-state index contributed by atoms with van der Waals surface area (Å²) in [4.78, 5) is 13.2. The molecular formula is C20H22O3. The van der Waals surface area contributed by atoms with E-state index in [9.17, 15) is 4.79 Å². The van der Waals surface area contributed by atoms with E-state index in [1.165, 1.54) is 0 Å². The first-order valence-electron chi connectivity index (χ1n) is 7.88. The van der Waals surface area contributed by atoms with Crippen LogP contribution in [0.3, 0.4) is 0 Å². The van der Waals surface area contributed by atoms with Crippen molar-refractivity contribution in [3.05, 3.63) is 71.3 Å². The lowest BCUT2D eigenvalue weighted by atomic mass is 9.90. The van der Waals surface area contributed by atoms with E-state index in [-0.39, 0.29) is 11.2 Å². The number of ether oxygens (including phenoxy) is 2. The minimum atomic E-state index is -1.36. The summed E-state index contributed by atoms with van der Waals surface area (Å²) in [6.07, 6.45) is 0. The molecule has 3 rings (SSSR count). The summed E-state index contributed by atoms with van der Waals surface area (Å²) >= 11 is 0. The van der Waals surface area contributed by atoms with Gasteiger partial charge in [-0.2, -0.15) is 0 Å². The molecule has 0 amide bonds. The van der Waals surface area contributed by atoms with E-state index < -0.39 is 5.79 Å². The molecule has 3 nitrogen and oxygen atoms in total. The highest BCUT2D eigenvalue weighted by molar-refractivity contribution is 6.02. The summed E-state index contributed by atoms with van der Waals surface area (Å²) < 4.78 is 12.1. The molecule has 23 heavy (non-hydrogen) atoms. The van der Waals surface area contributed by atoms with Crippen molar-refractivity contribution >= 4 is 5.78 Å². The lowest BCUT2D eigenvalue weighted by Gasteiger charge is -2.42. The van der Waals surface area contributed by atoms with E-state index in [1.54, 1.807) is 12.1 Å². The SMILES string of the molecule is Cc1ccc(C2(C(=O)c3ccccc3)OCC(C)(C)CO2)cc1. The van der Waals surface area contributed by atoms with Crippen LogP contribution in [0, 0.1) is 12.3 Å². The Balaban J connectivity index is 2.04. The summed E-state index contributed by atoms with van der Waals surface area (Å²) in [5.41, 5.74) is 2.36. The Morgan fingerprint density at radius 1 is 0.913 bits per heavy atom. The number of carbonyl (C=O) groups is 1. The quantitative estimate of drug-likeness (QED) is 0.801. The normalized spacial score (nSPS) is 19.3. The van der Waals surface area contributed by atoms with Gasteiger partial charge in [-0.3, -0.25) is 4.79 Å². The van der Waals surface area contributed by atoms with Gasteiger partial charge in [0.2, 0.25) is 5.78 Å². The molecule has 1 heterocycles. The zero-order chi connectivity index (χ0) is 16.5. The van der Waals surface area contributed by atoms with Crippen LogP contribution in [0.4, 0.5) is 0 Å². The molecule has 0 aliphatic carbocycles. The van der Waals surface area contributed by atoms with Gasteiger partial charge in [0.1, 0.15) is 0 Å². The second kappa shape index (κ2) is 5.91. The van der Waals surface area contributed by atoms with Crippen LogP contribution in [0.2, 0.25) is 0 Å². The van der Waals surface area contributed by atoms with Gasteiger partial charge in [0.05, 0.1) is 13.2 Å². The van der Waals surface area contributed by atoms with Crippen molar-refractivity contribution in [2.24, 2.45) is 5.41 Å². The number of rotatable bonds is 3. The van der Waals surface area contributed by atoms with Crippen LogP contribution in [0.15, 0.2) is 54.6 Å². The van der Waals surface area contributed by atoms with E-state index in [4.69, 9.17) is 9.47 Å². The molecule has 0 saturated carbocycles. The second-order valence-corrected chi connectivity index (χ2v) is 6.92. The molecule has 3 heteroatoms. The van der Waals surface area contributed by atoms with Gasteiger partial charge in [0.15, 0.2) is 0 Å². The Bertz CT molecular complexity index is 677. The largest absolute Gasteiger partial charge is 0.339 e. The highest BCUT2D eigenvalue weighted by Crippen LogP contribution is 2.39. The lowest BCUT2D eigenvalue weighted by molar-refractivity contribution is -0.275. The molecule has 0 atom stereocenters. The van der Waals surface area contributed by atoms with E-state index in [0.717, 1.165) is 11.1 Å². The predicted molar refractivity (Wildman–Crippen MR) is 89.3 cm³/mol. The van der Waals surface area contributed by atoms with Crippen LogP contribution < -0.4 is 0 Å². The molecule has 1 aliphatic rings. The molecule has 120 valence electrons. The zero-order valence-corrected chi connectivity index (χ0v) is 13.8. The summed E-state index contributed by atoms with van der Waals surface area (Å²) in [7, 11) is 0. The molecule has 2 aromatic rings. The van der Waals surface area contributed by atoms with Gasteiger partial charge in [-0.05, 0) is 6.92 Å². The monoisotopic (exact) mass is 310 g/mol. The number of hydrogen-bond acceptors (Lipinski definition) is 3. The van der Waals surface area contributed by atoms with Crippen molar-refractivity contribution in [2.75, 3.05) is 13.2 Å². The fourth-order valence-corrected chi connectivity index (χ4v) is 2.66. The number of Topliss-reactive ketones (excluding diaryl/α,β-unsaturated/α-hetero) is 1. The van der Waals surface area contributed by atoms with Gasteiger partial charge >= 0.3 is 0 Å². The molecule has 1 aliphatic heterocycles. The Labute approximate surface area is 137 Å². The maximum Gasteiger partial charge on any atom is 0.261 e. The molecule has 0 N–H and O–H groups in total. The van der Waals surface area contributed by atoms with Crippen molar-refractivity contribution in [3.63, 3.8) is 0 Å². The van der Waals surface area contributed by atoms with Crippen LogP contribution in [0.1, 0.15) is 35.3 Å². The molecule has 0 unspecified atom stereocenters. The number of hydrogen-bond donors (Lipinski definition) is 0. The van der Waals surface area contributed by atoms with Gasteiger partial charge in [0.25, 0.3) is 5.79 Å². The smallest absolute Gasteiger partial charge is 0.261 e. The summed E-state index contributed by atoms with van der Waals surface area (Å²) in [6.45, 7) is 7.10. The van der Waals surface area contributed by atoms with Crippen LogP contribution in [-0.2, 0) is 15.3 Å². The maximum atomic E-state index is 13.2. The number of ketones is 1. The summed E-state index contributed by atoms with van der Waals surface area (Å²) in [6, 6.07) is 17.0. The topological polar surface area (TPSA) is 35.5 Å². The second-order valence-electron chi connectivity index (χ2n) is 6.92. The fraction of sp³-hybridized carbons (Fsp3) is 0.350. The molecule has 1 saturated heterocycles. The lowest BCUT2D eigenvalue weighted by Crippen LogP contribution is -2.50. The first-order valence-corrected chi connectivity index (χ1v) is 7.88. The molecular weight excluding hydrogens is 288 g/mol. The van der Waals surface area contributed by atoms with Gasteiger partial charge in [-0.25, -0.2) is 0 Å². The van der Waals surface area contributed by atoms with E-state index in [1.807, 2.05) is 49.4 Å².